The predicted molar refractivity (Wildman–Crippen MR) is 140 cm³/mol. The third kappa shape index (κ3) is 5.83. The zero-order chi connectivity index (χ0) is 22.3. The minimum Gasteiger partial charge on any atom is -0.487 e. The molecule has 0 N–H and O–H groups in total. The van der Waals surface area contributed by atoms with Crippen LogP contribution in [0.4, 0.5) is 0 Å². The van der Waals surface area contributed by atoms with E-state index in [0.29, 0.717) is 4.58 Å². The quantitative estimate of drug-likeness (QED) is 0.189. The van der Waals surface area contributed by atoms with Gasteiger partial charge in [0.2, 0.25) is 0 Å². The lowest BCUT2D eigenvalue weighted by Gasteiger charge is -2.50. The van der Waals surface area contributed by atoms with E-state index in [1.807, 2.05) is 41.7 Å². The Balaban J connectivity index is 1.43. The number of para-hydroxylation sites is 1. The van der Waals surface area contributed by atoms with E-state index in [2.05, 4.69) is 108 Å². The monoisotopic (exact) mass is 469 g/mol. The summed E-state index contributed by atoms with van der Waals surface area (Å²) in [4.78, 5) is 5.14. The highest BCUT2D eigenvalue weighted by atomic mass is 32.2. The molecule has 166 valence electrons. The van der Waals surface area contributed by atoms with Crippen molar-refractivity contribution >= 4 is 23.5 Å². The maximum atomic E-state index is 6.52. The van der Waals surface area contributed by atoms with Crippen molar-refractivity contribution in [2.75, 3.05) is 6.54 Å². The van der Waals surface area contributed by atoms with Gasteiger partial charge >= 0.3 is 0 Å². The number of thioether (sulfide) groups is 2. The molecular formula is C29H27NOS2. The molecule has 2 nitrogen and oxygen atoms in total. The third-order valence-electron chi connectivity index (χ3n) is 5.75. The zero-order valence-electron chi connectivity index (χ0n) is 18.4. The van der Waals surface area contributed by atoms with Gasteiger partial charge in [0.25, 0.3) is 0 Å². The second kappa shape index (κ2) is 11.0. The molecular weight excluding hydrogens is 442 g/mol. The van der Waals surface area contributed by atoms with Gasteiger partial charge in [-0.05, 0) is 42.0 Å². The molecule has 4 aromatic rings. The fourth-order valence-electron chi connectivity index (χ4n) is 4.10. The van der Waals surface area contributed by atoms with E-state index in [1.165, 1.54) is 15.4 Å². The van der Waals surface area contributed by atoms with Crippen molar-refractivity contribution in [3.63, 3.8) is 0 Å². The maximum absolute atomic E-state index is 6.52. The second-order valence-electron chi connectivity index (χ2n) is 8.11. The van der Waals surface area contributed by atoms with Crippen LogP contribution < -0.4 is 4.74 Å². The Hall–Kier alpha value is -2.66. The minimum atomic E-state index is 0.147. The van der Waals surface area contributed by atoms with Crippen LogP contribution in [0.25, 0.3) is 0 Å². The average molecular weight is 470 g/mol. The Morgan fingerprint density at radius 3 is 1.70 bits per heavy atom. The molecule has 1 saturated heterocycles. The van der Waals surface area contributed by atoms with Crippen molar-refractivity contribution < 1.29 is 4.74 Å². The molecule has 4 heteroatoms. The van der Waals surface area contributed by atoms with Gasteiger partial charge in [-0.2, -0.15) is 0 Å². The molecule has 1 heterocycles. The summed E-state index contributed by atoms with van der Waals surface area (Å²) in [6.07, 6.45) is 0.147. The minimum absolute atomic E-state index is 0.147. The van der Waals surface area contributed by atoms with E-state index < -0.39 is 0 Å². The van der Waals surface area contributed by atoms with Crippen molar-refractivity contribution in [3.05, 3.63) is 127 Å². The van der Waals surface area contributed by atoms with Crippen LogP contribution in [0.15, 0.2) is 131 Å². The molecule has 4 aromatic carbocycles. The molecule has 1 aliphatic rings. The topological polar surface area (TPSA) is 12.5 Å². The van der Waals surface area contributed by atoms with Gasteiger partial charge < -0.3 is 4.74 Å². The number of nitrogens with zero attached hydrogens (tertiary/aromatic N) is 1. The van der Waals surface area contributed by atoms with E-state index in [1.54, 1.807) is 0 Å². The lowest BCUT2D eigenvalue weighted by Crippen LogP contribution is -2.65. The van der Waals surface area contributed by atoms with Gasteiger partial charge in [0, 0.05) is 22.9 Å². The smallest absolute Gasteiger partial charge is 0.129 e. The summed E-state index contributed by atoms with van der Waals surface area (Å²) in [5.74, 6) is 0.944. The van der Waals surface area contributed by atoms with Crippen LogP contribution in [0.5, 0.6) is 5.75 Å². The number of likely N-dealkylation sites (tertiary alicyclic amines) is 1. The molecule has 2 unspecified atom stereocenters. The van der Waals surface area contributed by atoms with E-state index in [-0.39, 0.29) is 12.1 Å². The number of rotatable bonds is 9. The predicted octanol–water partition coefficient (Wildman–Crippen LogP) is 7.23. The molecule has 5 rings (SSSR count). The Morgan fingerprint density at radius 2 is 1.15 bits per heavy atom. The molecule has 0 saturated carbocycles. The normalized spacial score (nSPS) is 18.1. The molecule has 33 heavy (non-hydrogen) atoms. The van der Waals surface area contributed by atoms with Crippen LogP contribution >= 0.6 is 23.5 Å². The van der Waals surface area contributed by atoms with Crippen molar-refractivity contribution in [1.82, 2.24) is 4.90 Å². The Bertz CT molecular complexity index is 1020. The van der Waals surface area contributed by atoms with Gasteiger partial charge in [-0.15, -0.1) is 23.5 Å². The van der Waals surface area contributed by atoms with Gasteiger partial charge in [0.1, 0.15) is 11.9 Å². The molecule has 0 spiro atoms. The fourth-order valence-corrected chi connectivity index (χ4v) is 7.10. The Morgan fingerprint density at radius 1 is 0.667 bits per heavy atom. The summed E-state index contributed by atoms with van der Waals surface area (Å²) in [6.45, 7) is 1.86. The van der Waals surface area contributed by atoms with Crippen LogP contribution in [0.3, 0.4) is 0 Å². The molecule has 1 aliphatic heterocycles. The van der Waals surface area contributed by atoms with E-state index in [9.17, 15) is 0 Å². The van der Waals surface area contributed by atoms with Gasteiger partial charge in [0.05, 0.1) is 10.6 Å². The highest BCUT2D eigenvalue weighted by molar-refractivity contribution is 8.17. The highest BCUT2D eigenvalue weighted by Gasteiger charge is 2.46. The Labute approximate surface area is 205 Å². The van der Waals surface area contributed by atoms with E-state index in [4.69, 9.17) is 4.74 Å². The SMILES string of the molecule is c1ccc(CN2CC(Oc3ccccc3)C2C(Sc2ccccc2)Sc2ccccc2)cc1. The number of benzene rings is 4. The van der Waals surface area contributed by atoms with Gasteiger partial charge in [-0.25, -0.2) is 0 Å². The average Bonchev–Trinajstić information content (AvgIpc) is 2.86. The number of hydrogen-bond acceptors (Lipinski definition) is 4. The van der Waals surface area contributed by atoms with Crippen molar-refractivity contribution in [1.29, 1.82) is 0 Å². The standard InChI is InChI=1S/C29H27NOS2/c1-5-13-23(14-6-1)21-30-22-27(31-24-15-7-2-8-16-24)28(30)29(32-25-17-9-3-10-18-25)33-26-19-11-4-12-20-26/h1-20,27-29H,21-22H2. The molecule has 0 aromatic heterocycles. The molecule has 0 aliphatic carbocycles. The second-order valence-corrected chi connectivity index (χ2v) is 10.8. The largest absolute Gasteiger partial charge is 0.487 e. The molecule has 1 fully saturated rings. The van der Waals surface area contributed by atoms with Crippen LogP contribution in [0.2, 0.25) is 0 Å². The summed E-state index contributed by atoms with van der Waals surface area (Å²) in [5.41, 5.74) is 1.34. The fraction of sp³-hybridized carbons (Fsp3) is 0.172. The number of hydrogen-bond donors (Lipinski definition) is 0. The van der Waals surface area contributed by atoms with Crippen LogP contribution in [-0.2, 0) is 6.54 Å². The van der Waals surface area contributed by atoms with E-state index >= 15 is 0 Å². The Kier molecular flexibility index (Phi) is 7.36. The summed E-state index contributed by atoms with van der Waals surface area (Å²) in [6, 6.07) is 42.7. The molecule has 0 radical (unpaired) electrons. The van der Waals surface area contributed by atoms with Crippen molar-refractivity contribution in [2.45, 2.75) is 33.1 Å². The lowest BCUT2D eigenvalue weighted by molar-refractivity contribution is -0.0425. The summed E-state index contributed by atoms with van der Waals surface area (Å²) in [7, 11) is 0. The summed E-state index contributed by atoms with van der Waals surface area (Å²) < 4.78 is 6.81. The van der Waals surface area contributed by atoms with Crippen LogP contribution in [0, 0.1) is 0 Å². The van der Waals surface area contributed by atoms with Gasteiger partial charge in [-0.1, -0.05) is 84.9 Å². The lowest BCUT2D eigenvalue weighted by atomic mass is 9.99. The summed E-state index contributed by atoms with van der Waals surface area (Å²) in [5, 5.41) is 0. The first-order valence-corrected chi connectivity index (χ1v) is 13.0. The molecule has 0 bridgehead atoms. The van der Waals surface area contributed by atoms with Crippen LogP contribution in [-0.4, -0.2) is 28.2 Å². The van der Waals surface area contributed by atoms with Gasteiger partial charge in [0.15, 0.2) is 0 Å². The first-order valence-electron chi connectivity index (χ1n) is 11.3. The highest BCUT2D eigenvalue weighted by Crippen LogP contribution is 2.44. The maximum Gasteiger partial charge on any atom is 0.129 e. The third-order valence-corrected chi connectivity index (χ3v) is 8.43. The van der Waals surface area contributed by atoms with Gasteiger partial charge in [-0.3, -0.25) is 4.90 Å². The number of ether oxygens (including phenoxy) is 1. The van der Waals surface area contributed by atoms with E-state index in [0.717, 1.165) is 18.8 Å². The van der Waals surface area contributed by atoms with Crippen LogP contribution in [0.1, 0.15) is 5.56 Å². The van der Waals surface area contributed by atoms with Crippen molar-refractivity contribution in [2.24, 2.45) is 0 Å². The summed E-state index contributed by atoms with van der Waals surface area (Å²) >= 11 is 3.87. The molecule has 2 atom stereocenters. The zero-order valence-corrected chi connectivity index (χ0v) is 20.0. The molecule has 0 amide bonds. The first-order chi connectivity index (χ1) is 16.3. The van der Waals surface area contributed by atoms with Crippen molar-refractivity contribution in [3.8, 4) is 5.75 Å². The first kappa shape index (κ1) is 22.1.